The van der Waals surface area contributed by atoms with E-state index in [9.17, 15) is 4.79 Å². The van der Waals surface area contributed by atoms with Gasteiger partial charge < -0.3 is 10.2 Å². The van der Waals surface area contributed by atoms with Gasteiger partial charge >= 0.3 is 0 Å². The molecule has 3 rings (SSSR count). The minimum Gasteiger partial charge on any atom is -0.347 e. The smallest absolute Gasteiger partial charge is 0.270 e. The first kappa shape index (κ1) is 10.7. The van der Waals surface area contributed by atoms with E-state index in [1.54, 1.807) is 12.3 Å². The highest BCUT2D eigenvalue weighted by Gasteiger charge is 2.32. The minimum absolute atomic E-state index is 0.0434. The molecular weight excluding hydrogens is 214 g/mol. The molecule has 17 heavy (non-hydrogen) atoms. The highest BCUT2D eigenvalue weighted by atomic mass is 16.1. The molecule has 1 amide bonds. The average molecular weight is 231 g/mol. The molecule has 0 aromatic carbocycles. The molecule has 1 aromatic heterocycles. The number of nitrogens with zero attached hydrogens (tertiary/aromatic N) is 2. The number of aromatic nitrogens is 1. The molecule has 2 fully saturated rings. The lowest BCUT2D eigenvalue weighted by Crippen LogP contribution is -2.47. The molecule has 4 nitrogen and oxygen atoms in total. The van der Waals surface area contributed by atoms with Gasteiger partial charge in [0.1, 0.15) is 5.69 Å². The standard InChI is InChI=1S/C13H17N3O/c17-13(12-3-1-2-5-14-12)15-11-7-10-4-6-16(8-10)9-11/h1-3,5,10-11H,4,6-9H2,(H,15,17). The fraction of sp³-hybridized carbons (Fsp3) is 0.538. The van der Waals surface area contributed by atoms with Gasteiger partial charge in [0.25, 0.3) is 5.91 Å². The Labute approximate surface area is 101 Å². The Morgan fingerprint density at radius 3 is 3.12 bits per heavy atom. The molecule has 1 N–H and O–H groups in total. The first-order valence-corrected chi connectivity index (χ1v) is 6.25. The lowest BCUT2D eigenvalue weighted by Gasteiger charge is -2.30. The molecule has 0 spiro atoms. The third-order valence-corrected chi connectivity index (χ3v) is 3.70. The zero-order chi connectivity index (χ0) is 11.7. The van der Waals surface area contributed by atoms with Crippen molar-refractivity contribution < 1.29 is 4.79 Å². The summed E-state index contributed by atoms with van der Waals surface area (Å²) >= 11 is 0. The number of carbonyl (C=O) groups excluding carboxylic acids is 1. The first-order chi connectivity index (χ1) is 8.31. The van der Waals surface area contributed by atoms with Gasteiger partial charge in [0.2, 0.25) is 0 Å². The summed E-state index contributed by atoms with van der Waals surface area (Å²) < 4.78 is 0. The second-order valence-electron chi connectivity index (χ2n) is 5.04. The minimum atomic E-state index is -0.0434. The Kier molecular flexibility index (Phi) is 2.81. The van der Waals surface area contributed by atoms with Crippen LogP contribution in [0.3, 0.4) is 0 Å². The Morgan fingerprint density at radius 1 is 1.41 bits per heavy atom. The van der Waals surface area contributed by atoms with Crippen LogP contribution in [0.15, 0.2) is 24.4 Å². The molecule has 2 saturated heterocycles. The summed E-state index contributed by atoms with van der Waals surface area (Å²) in [4.78, 5) is 18.5. The molecule has 3 heterocycles. The highest BCUT2D eigenvalue weighted by Crippen LogP contribution is 2.26. The van der Waals surface area contributed by atoms with Gasteiger partial charge in [-0.2, -0.15) is 0 Å². The van der Waals surface area contributed by atoms with Crippen molar-refractivity contribution in [1.29, 1.82) is 0 Å². The van der Waals surface area contributed by atoms with Crippen LogP contribution in [0.2, 0.25) is 0 Å². The molecule has 0 radical (unpaired) electrons. The van der Waals surface area contributed by atoms with Crippen molar-refractivity contribution in [2.45, 2.75) is 18.9 Å². The third kappa shape index (κ3) is 2.31. The first-order valence-electron chi connectivity index (χ1n) is 6.25. The van der Waals surface area contributed by atoms with Crippen molar-refractivity contribution >= 4 is 5.91 Å². The van der Waals surface area contributed by atoms with Gasteiger partial charge in [0.15, 0.2) is 0 Å². The Balaban J connectivity index is 1.62. The number of nitrogens with one attached hydrogen (secondary N) is 1. The van der Waals surface area contributed by atoms with Crippen molar-refractivity contribution in [3.63, 3.8) is 0 Å². The molecule has 90 valence electrons. The lowest BCUT2D eigenvalue weighted by atomic mass is 9.97. The Hall–Kier alpha value is -1.42. The van der Waals surface area contributed by atoms with Crippen LogP contribution < -0.4 is 5.32 Å². The molecule has 2 aliphatic heterocycles. The van der Waals surface area contributed by atoms with Crippen molar-refractivity contribution in [1.82, 2.24) is 15.2 Å². The maximum Gasteiger partial charge on any atom is 0.270 e. The molecule has 0 aliphatic carbocycles. The maximum atomic E-state index is 12.0. The van der Waals surface area contributed by atoms with Gasteiger partial charge in [-0.3, -0.25) is 9.78 Å². The van der Waals surface area contributed by atoms with Gasteiger partial charge in [0.05, 0.1) is 0 Å². The van der Waals surface area contributed by atoms with Crippen LogP contribution in [0.25, 0.3) is 0 Å². The molecule has 3 unspecified atom stereocenters. The van der Waals surface area contributed by atoms with Crippen LogP contribution in [0.5, 0.6) is 0 Å². The van der Waals surface area contributed by atoms with E-state index in [0.29, 0.717) is 11.7 Å². The number of piperidine rings is 1. The Bertz CT molecular complexity index is 394. The molecular formula is C13H17N3O. The van der Waals surface area contributed by atoms with Gasteiger partial charge in [-0.15, -0.1) is 0 Å². The van der Waals surface area contributed by atoms with E-state index in [2.05, 4.69) is 15.2 Å². The fourth-order valence-electron chi connectivity index (χ4n) is 2.92. The SMILES string of the molecule is O=C(NC1CC2CCN(C2)C1)c1ccccn1. The van der Waals surface area contributed by atoms with Crippen LogP contribution in [-0.4, -0.2) is 41.5 Å². The monoisotopic (exact) mass is 231 g/mol. The fourth-order valence-corrected chi connectivity index (χ4v) is 2.92. The summed E-state index contributed by atoms with van der Waals surface area (Å²) in [6.07, 6.45) is 4.06. The van der Waals surface area contributed by atoms with Crippen LogP contribution in [0.4, 0.5) is 0 Å². The molecule has 2 aliphatic rings. The number of hydrogen-bond donors (Lipinski definition) is 1. The van der Waals surface area contributed by atoms with Crippen LogP contribution in [0, 0.1) is 5.92 Å². The van der Waals surface area contributed by atoms with E-state index in [4.69, 9.17) is 0 Å². The van der Waals surface area contributed by atoms with Gasteiger partial charge in [-0.05, 0) is 37.4 Å². The highest BCUT2D eigenvalue weighted by molar-refractivity contribution is 5.92. The van der Waals surface area contributed by atoms with Crippen LogP contribution >= 0.6 is 0 Å². The van der Waals surface area contributed by atoms with E-state index < -0.39 is 0 Å². The second kappa shape index (κ2) is 4.45. The zero-order valence-corrected chi connectivity index (χ0v) is 9.80. The molecule has 4 heteroatoms. The second-order valence-corrected chi connectivity index (χ2v) is 5.04. The summed E-state index contributed by atoms with van der Waals surface area (Å²) in [6, 6.07) is 5.72. The van der Waals surface area contributed by atoms with Gasteiger partial charge in [-0.25, -0.2) is 0 Å². The molecule has 1 aromatic rings. The summed E-state index contributed by atoms with van der Waals surface area (Å²) in [5, 5.41) is 3.09. The number of amides is 1. The number of rotatable bonds is 2. The summed E-state index contributed by atoms with van der Waals surface area (Å²) in [5.41, 5.74) is 0.514. The van der Waals surface area contributed by atoms with E-state index >= 15 is 0 Å². The van der Waals surface area contributed by atoms with Crippen molar-refractivity contribution in [2.75, 3.05) is 19.6 Å². The number of pyridine rings is 1. The van der Waals surface area contributed by atoms with Gasteiger partial charge in [-0.1, -0.05) is 6.07 Å². The van der Waals surface area contributed by atoms with Crippen LogP contribution in [0.1, 0.15) is 23.3 Å². The zero-order valence-electron chi connectivity index (χ0n) is 9.80. The molecule has 2 bridgehead atoms. The van der Waals surface area contributed by atoms with E-state index in [-0.39, 0.29) is 5.91 Å². The van der Waals surface area contributed by atoms with Crippen molar-refractivity contribution in [3.05, 3.63) is 30.1 Å². The molecule has 0 saturated carbocycles. The summed E-state index contributed by atoms with van der Waals surface area (Å²) in [7, 11) is 0. The quantitative estimate of drug-likeness (QED) is 0.822. The Morgan fingerprint density at radius 2 is 2.35 bits per heavy atom. The normalized spacial score (nSPS) is 31.2. The topological polar surface area (TPSA) is 45.2 Å². The van der Waals surface area contributed by atoms with Gasteiger partial charge in [0, 0.05) is 25.3 Å². The summed E-state index contributed by atoms with van der Waals surface area (Å²) in [6.45, 7) is 3.41. The third-order valence-electron chi connectivity index (χ3n) is 3.70. The van der Waals surface area contributed by atoms with E-state index in [1.165, 1.54) is 19.5 Å². The number of carbonyl (C=O) groups is 1. The van der Waals surface area contributed by atoms with E-state index in [1.807, 2.05) is 12.1 Å². The van der Waals surface area contributed by atoms with Crippen molar-refractivity contribution in [3.8, 4) is 0 Å². The maximum absolute atomic E-state index is 12.0. The molecule has 3 atom stereocenters. The largest absolute Gasteiger partial charge is 0.347 e. The van der Waals surface area contributed by atoms with Crippen LogP contribution in [-0.2, 0) is 0 Å². The predicted octanol–water partition coefficient (Wildman–Crippen LogP) is 0.906. The predicted molar refractivity (Wildman–Crippen MR) is 64.7 cm³/mol. The van der Waals surface area contributed by atoms with Crippen molar-refractivity contribution in [2.24, 2.45) is 5.92 Å². The average Bonchev–Trinajstić information content (AvgIpc) is 2.70. The number of fused-ring (bicyclic) bond motifs is 2. The lowest BCUT2D eigenvalue weighted by molar-refractivity contribution is 0.0904. The van der Waals surface area contributed by atoms with E-state index in [0.717, 1.165) is 18.9 Å². The summed E-state index contributed by atoms with van der Waals surface area (Å²) in [5.74, 6) is 0.732. The number of hydrogen-bond acceptors (Lipinski definition) is 3.